The van der Waals surface area contributed by atoms with Crippen molar-refractivity contribution in [3.8, 4) is 0 Å². The van der Waals surface area contributed by atoms with Gasteiger partial charge in [-0.2, -0.15) is 0 Å². The van der Waals surface area contributed by atoms with Gasteiger partial charge in [0.1, 0.15) is 0 Å². The summed E-state index contributed by atoms with van der Waals surface area (Å²) in [6.45, 7) is 12.3. The van der Waals surface area contributed by atoms with Crippen molar-refractivity contribution in [1.29, 1.82) is 0 Å². The van der Waals surface area contributed by atoms with E-state index < -0.39 is 0 Å². The van der Waals surface area contributed by atoms with E-state index in [1.54, 1.807) is 0 Å². The quantitative estimate of drug-likeness (QED) is 0.723. The first-order chi connectivity index (χ1) is 10.9. The minimum Gasteiger partial charge on any atom is -0.365 e. The van der Waals surface area contributed by atoms with Crippen LogP contribution in [-0.2, 0) is 6.42 Å². The number of rotatable bonds is 4. The van der Waals surface area contributed by atoms with Crippen molar-refractivity contribution in [2.24, 2.45) is 29.1 Å². The Hall–Kier alpha value is -1.50. The second kappa shape index (κ2) is 6.19. The zero-order chi connectivity index (χ0) is 16.6. The first kappa shape index (κ1) is 16.4. The van der Waals surface area contributed by atoms with E-state index in [2.05, 4.69) is 82.1 Å². The highest BCUT2D eigenvalue weighted by Gasteiger charge is 2.50. The molecule has 124 valence electrons. The average molecular weight is 309 g/mol. The third-order valence-corrected chi connectivity index (χ3v) is 6.57. The van der Waals surface area contributed by atoms with Gasteiger partial charge in [-0.1, -0.05) is 65.0 Å². The summed E-state index contributed by atoms with van der Waals surface area (Å²) in [4.78, 5) is 3.41. The third-order valence-electron chi connectivity index (χ3n) is 6.57. The molecule has 1 fully saturated rings. The highest BCUT2D eigenvalue weighted by molar-refractivity contribution is 5.25. The van der Waals surface area contributed by atoms with E-state index in [1.165, 1.54) is 11.3 Å². The minimum absolute atomic E-state index is 0.282. The van der Waals surface area contributed by atoms with Gasteiger partial charge in [-0.05, 0) is 59.1 Å². The van der Waals surface area contributed by atoms with Gasteiger partial charge in [0.25, 0.3) is 0 Å². The van der Waals surface area contributed by atoms with Crippen LogP contribution in [0.1, 0.15) is 51.8 Å². The van der Waals surface area contributed by atoms with Crippen LogP contribution in [0.25, 0.3) is 0 Å². The topological polar surface area (TPSA) is 15.8 Å². The van der Waals surface area contributed by atoms with Crippen LogP contribution < -0.4 is 0 Å². The molecule has 0 bridgehead atoms. The van der Waals surface area contributed by atoms with Crippen molar-refractivity contribution < 1.29 is 0 Å². The number of hydrogen-bond donors (Lipinski definition) is 1. The van der Waals surface area contributed by atoms with E-state index in [0.29, 0.717) is 11.8 Å². The molecule has 1 aromatic heterocycles. The fourth-order valence-corrected chi connectivity index (χ4v) is 5.26. The molecule has 1 aliphatic rings. The molecule has 1 nitrogen and oxygen atoms in total. The number of hydrogen-bond acceptors (Lipinski definition) is 0. The smallest absolute Gasteiger partial charge is 0.0152 e. The zero-order valence-corrected chi connectivity index (χ0v) is 15.2. The molecular formula is C22H31N. The normalized spacial score (nSPS) is 31.4. The molecule has 0 aliphatic heterocycles. The summed E-state index contributed by atoms with van der Waals surface area (Å²) < 4.78 is 0. The van der Waals surface area contributed by atoms with Crippen LogP contribution in [-0.4, -0.2) is 4.98 Å². The number of benzene rings is 1. The summed E-state index contributed by atoms with van der Waals surface area (Å²) in [5.74, 6) is 3.62. The highest BCUT2D eigenvalue weighted by Crippen LogP contribution is 2.57. The SMILES string of the molecule is CC1C(C)C(c2ccccc2)C(C(C)(C)Cc2ccc[nH]2)C1C. The molecule has 2 aromatic rings. The average Bonchev–Trinajstić information content (AvgIpc) is 3.10. The van der Waals surface area contributed by atoms with Gasteiger partial charge in [0.05, 0.1) is 0 Å². The molecule has 1 heteroatoms. The lowest BCUT2D eigenvalue weighted by Crippen LogP contribution is -2.33. The van der Waals surface area contributed by atoms with E-state index in [1.807, 2.05) is 6.20 Å². The van der Waals surface area contributed by atoms with E-state index in [4.69, 9.17) is 0 Å². The Morgan fingerprint density at radius 3 is 2.17 bits per heavy atom. The molecule has 5 unspecified atom stereocenters. The largest absolute Gasteiger partial charge is 0.365 e. The Morgan fingerprint density at radius 1 is 0.870 bits per heavy atom. The Balaban J connectivity index is 1.96. The molecule has 0 amide bonds. The summed E-state index contributed by atoms with van der Waals surface area (Å²) in [6.07, 6.45) is 3.17. The monoisotopic (exact) mass is 309 g/mol. The van der Waals surface area contributed by atoms with Crippen molar-refractivity contribution in [3.05, 3.63) is 59.9 Å². The maximum Gasteiger partial charge on any atom is 0.0152 e. The summed E-state index contributed by atoms with van der Waals surface area (Å²) in [7, 11) is 0. The molecule has 3 rings (SSSR count). The molecule has 1 N–H and O–H groups in total. The van der Waals surface area contributed by atoms with Crippen LogP contribution in [0.15, 0.2) is 48.7 Å². The summed E-state index contributed by atoms with van der Waals surface area (Å²) >= 11 is 0. The third kappa shape index (κ3) is 2.98. The van der Waals surface area contributed by atoms with Crippen molar-refractivity contribution in [3.63, 3.8) is 0 Å². The Labute approximate surface area is 141 Å². The molecule has 0 radical (unpaired) electrons. The Morgan fingerprint density at radius 2 is 1.57 bits per heavy atom. The Kier molecular flexibility index (Phi) is 4.40. The number of aromatic amines is 1. The van der Waals surface area contributed by atoms with E-state index in [-0.39, 0.29) is 5.41 Å². The second-order valence-corrected chi connectivity index (χ2v) is 8.40. The van der Waals surface area contributed by atoms with Crippen LogP contribution >= 0.6 is 0 Å². The molecule has 0 saturated heterocycles. The van der Waals surface area contributed by atoms with Crippen LogP contribution in [0.5, 0.6) is 0 Å². The molecule has 23 heavy (non-hydrogen) atoms. The van der Waals surface area contributed by atoms with E-state index >= 15 is 0 Å². The van der Waals surface area contributed by atoms with Gasteiger partial charge in [0, 0.05) is 11.9 Å². The van der Waals surface area contributed by atoms with Gasteiger partial charge < -0.3 is 4.98 Å². The van der Waals surface area contributed by atoms with E-state index in [9.17, 15) is 0 Å². The molecule has 1 heterocycles. The van der Waals surface area contributed by atoms with Gasteiger partial charge in [-0.15, -0.1) is 0 Å². The van der Waals surface area contributed by atoms with Gasteiger partial charge in [-0.25, -0.2) is 0 Å². The van der Waals surface area contributed by atoms with Crippen molar-refractivity contribution >= 4 is 0 Å². The highest BCUT2D eigenvalue weighted by atomic mass is 14.7. The van der Waals surface area contributed by atoms with Crippen molar-refractivity contribution in [2.45, 2.75) is 47.0 Å². The fraction of sp³-hybridized carbons (Fsp3) is 0.545. The van der Waals surface area contributed by atoms with Gasteiger partial charge in [0.15, 0.2) is 0 Å². The molecule has 0 spiro atoms. The molecule has 1 aromatic carbocycles. The summed E-state index contributed by atoms with van der Waals surface area (Å²) in [5.41, 5.74) is 3.17. The predicted octanol–water partition coefficient (Wildman–Crippen LogP) is 5.91. The molecular weight excluding hydrogens is 278 g/mol. The summed E-state index contributed by atoms with van der Waals surface area (Å²) in [6, 6.07) is 15.5. The number of H-pyrrole nitrogens is 1. The molecule has 5 atom stereocenters. The van der Waals surface area contributed by atoms with Gasteiger partial charge >= 0.3 is 0 Å². The first-order valence-corrected chi connectivity index (χ1v) is 9.09. The maximum atomic E-state index is 3.41. The van der Waals surface area contributed by atoms with Gasteiger partial charge in [0.2, 0.25) is 0 Å². The summed E-state index contributed by atoms with van der Waals surface area (Å²) in [5, 5.41) is 0. The van der Waals surface area contributed by atoms with E-state index in [0.717, 1.165) is 24.2 Å². The lowest BCUT2D eigenvalue weighted by atomic mass is 9.65. The maximum absolute atomic E-state index is 3.41. The van der Waals surface area contributed by atoms with Gasteiger partial charge in [-0.3, -0.25) is 0 Å². The van der Waals surface area contributed by atoms with Crippen molar-refractivity contribution in [1.82, 2.24) is 4.98 Å². The fourth-order valence-electron chi connectivity index (χ4n) is 5.26. The lowest BCUT2D eigenvalue weighted by molar-refractivity contribution is 0.141. The number of nitrogens with one attached hydrogen (secondary N) is 1. The Bertz CT molecular complexity index is 611. The molecule has 1 saturated carbocycles. The van der Waals surface area contributed by atoms with Crippen LogP contribution in [0.4, 0.5) is 0 Å². The molecule has 1 aliphatic carbocycles. The first-order valence-electron chi connectivity index (χ1n) is 9.09. The van der Waals surface area contributed by atoms with Crippen molar-refractivity contribution in [2.75, 3.05) is 0 Å². The standard InChI is InChI=1S/C22H31N/c1-15-16(2)20(18-10-7-6-8-11-18)21(17(15)3)22(4,5)14-19-12-9-13-23-19/h6-13,15-17,20-21,23H,14H2,1-5H3. The zero-order valence-electron chi connectivity index (χ0n) is 15.2. The van der Waals surface area contributed by atoms with Crippen LogP contribution in [0.3, 0.4) is 0 Å². The lowest BCUT2D eigenvalue weighted by Gasteiger charge is -2.39. The predicted molar refractivity (Wildman–Crippen MR) is 98.4 cm³/mol. The second-order valence-electron chi connectivity index (χ2n) is 8.40. The van der Waals surface area contributed by atoms with Crippen LogP contribution in [0.2, 0.25) is 0 Å². The van der Waals surface area contributed by atoms with Crippen LogP contribution in [0, 0.1) is 29.1 Å². The minimum atomic E-state index is 0.282. The number of aromatic nitrogens is 1.